The summed E-state index contributed by atoms with van der Waals surface area (Å²) in [6, 6.07) is 1.84. The Kier molecular flexibility index (Phi) is 5.07. The van der Waals surface area contributed by atoms with Gasteiger partial charge in [-0.3, -0.25) is 10.1 Å². The van der Waals surface area contributed by atoms with Crippen molar-refractivity contribution in [3.63, 3.8) is 0 Å². The molecule has 1 unspecified atom stereocenters. The van der Waals surface area contributed by atoms with Crippen LogP contribution in [0, 0.1) is 23.0 Å². The Bertz CT molecular complexity index is 419. The molecule has 0 bridgehead atoms. The molecule has 100 valence electrons. The number of nitro groups is 1. The summed E-state index contributed by atoms with van der Waals surface area (Å²) >= 11 is 0. The Hall–Kier alpha value is -1.65. The van der Waals surface area contributed by atoms with Crippen LogP contribution in [0.15, 0.2) is 12.3 Å². The van der Waals surface area contributed by atoms with Gasteiger partial charge >= 0.3 is 5.69 Å². The molecule has 18 heavy (non-hydrogen) atoms. The lowest BCUT2D eigenvalue weighted by Crippen LogP contribution is -2.18. The van der Waals surface area contributed by atoms with Gasteiger partial charge in [0.25, 0.3) is 0 Å². The van der Waals surface area contributed by atoms with Crippen molar-refractivity contribution < 1.29 is 4.92 Å². The van der Waals surface area contributed by atoms with Gasteiger partial charge < -0.3 is 5.32 Å². The fourth-order valence-corrected chi connectivity index (χ4v) is 1.78. The van der Waals surface area contributed by atoms with E-state index in [9.17, 15) is 10.1 Å². The van der Waals surface area contributed by atoms with E-state index < -0.39 is 0 Å². The second-order valence-corrected chi connectivity index (χ2v) is 5.10. The predicted molar refractivity (Wildman–Crippen MR) is 72.8 cm³/mol. The lowest BCUT2D eigenvalue weighted by molar-refractivity contribution is -0.384. The molecule has 1 rings (SSSR count). The Morgan fingerprint density at radius 2 is 2.06 bits per heavy atom. The van der Waals surface area contributed by atoms with Crippen LogP contribution in [0.3, 0.4) is 0 Å². The number of nitrogens with zero attached hydrogens (tertiary/aromatic N) is 2. The number of anilines is 1. The summed E-state index contributed by atoms with van der Waals surface area (Å²) in [5, 5.41) is 14.2. The molecule has 0 saturated carbocycles. The number of aryl methyl sites for hydroxylation is 1. The van der Waals surface area contributed by atoms with Crippen LogP contribution < -0.4 is 5.32 Å². The maximum Gasteiger partial charge on any atom is 0.314 e. The van der Waals surface area contributed by atoms with Gasteiger partial charge in [0, 0.05) is 17.8 Å². The Morgan fingerprint density at radius 1 is 1.39 bits per heavy atom. The van der Waals surface area contributed by atoms with Crippen LogP contribution in [0.25, 0.3) is 0 Å². The molecule has 5 heteroatoms. The summed E-state index contributed by atoms with van der Waals surface area (Å²) in [5.74, 6) is 1.01. The minimum Gasteiger partial charge on any atom is -0.362 e. The molecule has 0 aliphatic heterocycles. The molecule has 1 heterocycles. The first-order chi connectivity index (χ1) is 8.41. The third kappa shape index (κ3) is 3.98. The van der Waals surface area contributed by atoms with Gasteiger partial charge in [0.1, 0.15) is 0 Å². The molecule has 0 fully saturated rings. The van der Waals surface area contributed by atoms with Crippen molar-refractivity contribution in [3.05, 3.63) is 27.9 Å². The summed E-state index contributed by atoms with van der Waals surface area (Å²) < 4.78 is 0. The van der Waals surface area contributed by atoms with E-state index in [1.807, 2.05) is 6.92 Å². The summed E-state index contributed by atoms with van der Waals surface area (Å²) in [5.41, 5.74) is 0.711. The normalized spacial score (nSPS) is 12.5. The SMILES string of the molecule is Cc1ccnc(NC(C)CCC(C)C)c1[N+](=O)[O-]. The standard InChI is InChI=1S/C13H21N3O2/c1-9(2)5-6-11(4)15-13-12(16(17)18)10(3)7-8-14-13/h7-9,11H,5-6H2,1-4H3,(H,14,15). The van der Waals surface area contributed by atoms with E-state index >= 15 is 0 Å². The van der Waals surface area contributed by atoms with Crippen LogP contribution in [-0.2, 0) is 0 Å². The lowest BCUT2D eigenvalue weighted by Gasteiger charge is -2.15. The van der Waals surface area contributed by atoms with Gasteiger partial charge in [-0.15, -0.1) is 0 Å². The third-order valence-corrected chi connectivity index (χ3v) is 2.87. The molecule has 0 saturated heterocycles. The number of hydrogen-bond acceptors (Lipinski definition) is 4. The molecule has 0 aliphatic rings. The second kappa shape index (κ2) is 6.33. The van der Waals surface area contributed by atoms with E-state index in [1.54, 1.807) is 19.2 Å². The van der Waals surface area contributed by atoms with Crippen molar-refractivity contribution in [3.8, 4) is 0 Å². The van der Waals surface area contributed by atoms with Crippen LogP contribution in [0.5, 0.6) is 0 Å². The zero-order valence-electron chi connectivity index (χ0n) is 11.4. The van der Waals surface area contributed by atoms with E-state index in [1.165, 1.54) is 0 Å². The highest BCUT2D eigenvalue weighted by molar-refractivity contribution is 5.60. The van der Waals surface area contributed by atoms with Gasteiger partial charge in [-0.2, -0.15) is 0 Å². The average Bonchev–Trinajstić information content (AvgIpc) is 2.26. The van der Waals surface area contributed by atoms with E-state index in [-0.39, 0.29) is 16.7 Å². The molecule has 1 aromatic heterocycles. The molecular formula is C13H21N3O2. The zero-order chi connectivity index (χ0) is 13.7. The third-order valence-electron chi connectivity index (χ3n) is 2.87. The average molecular weight is 251 g/mol. The molecule has 1 atom stereocenters. The van der Waals surface area contributed by atoms with E-state index in [0.29, 0.717) is 17.3 Å². The highest BCUT2D eigenvalue weighted by Gasteiger charge is 2.19. The molecule has 0 aromatic carbocycles. The summed E-state index contributed by atoms with van der Waals surface area (Å²) in [6.45, 7) is 8.08. The number of rotatable bonds is 6. The quantitative estimate of drug-likeness (QED) is 0.620. The summed E-state index contributed by atoms with van der Waals surface area (Å²) in [7, 11) is 0. The highest BCUT2D eigenvalue weighted by atomic mass is 16.6. The first-order valence-electron chi connectivity index (χ1n) is 6.28. The van der Waals surface area contributed by atoms with Gasteiger partial charge in [-0.25, -0.2) is 4.98 Å². The zero-order valence-corrected chi connectivity index (χ0v) is 11.4. The Morgan fingerprint density at radius 3 is 2.61 bits per heavy atom. The number of aromatic nitrogens is 1. The molecule has 1 aromatic rings. The van der Waals surface area contributed by atoms with Crippen LogP contribution in [-0.4, -0.2) is 15.9 Å². The van der Waals surface area contributed by atoms with Gasteiger partial charge in [0.2, 0.25) is 5.82 Å². The maximum absolute atomic E-state index is 11.0. The molecule has 0 radical (unpaired) electrons. The van der Waals surface area contributed by atoms with Crippen molar-refractivity contribution in [2.75, 3.05) is 5.32 Å². The van der Waals surface area contributed by atoms with Crippen LogP contribution >= 0.6 is 0 Å². The Labute approximate surface area is 108 Å². The van der Waals surface area contributed by atoms with Crippen LogP contribution in [0.2, 0.25) is 0 Å². The van der Waals surface area contributed by atoms with Crippen molar-refractivity contribution in [2.45, 2.75) is 46.6 Å². The van der Waals surface area contributed by atoms with E-state index in [0.717, 1.165) is 12.8 Å². The fourth-order valence-electron chi connectivity index (χ4n) is 1.78. The Balaban J connectivity index is 2.78. The van der Waals surface area contributed by atoms with Gasteiger partial charge in [0.15, 0.2) is 0 Å². The summed E-state index contributed by atoms with van der Waals surface area (Å²) in [4.78, 5) is 14.7. The van der Waals surface area contributed by atoms with Gasteiger partial charge in [0.05, 0.1) is 4.92 Å². The van der Waals surface area contributed by atoms with Crippen molar-refractivity contribution in [2.24, 2.45) is 5.92 Å². The van der Waals surface area contributed by atoms with Crippen molar-refractivity contribution in [1.29, 1.82) is 0 Å². The minimum absolute atomic E-state index is 0.0777. The highest BCUT2D eigenvalue weighted by Crippen LogP contribution is 2.26. The maximum atomic E-state index is 11.0. The molecule has 0 amide bonds. The van der Waals surface area contributed by atoms with E-state index in [4.69, 9.17) is 0 Å². The minimum atomic E-state index is -0.375. The molecule has 1 N–H and O–H groups in total. The molecule has 0 aliphatic carbocycles. The predicted octanol–water partition coefficient (Wildman–Crippen LogP) is 3.53. The van der Waals surface area contributed by atoms with Gasteiger partial charge in [-0.05, 0) is 38.7 Å². The molecule has 0 spiro atoms. The smallest absolute Gasteiger partial charge is 0.314 e. The van der Waals surface area contributed by atoms with Crippen LogP contribution in [0.4, 0.5) is 11.5 Å². The molecule has 5 nitrogen and oxygen atoms in total. The topological polar surface area (TPSA) is 68.1 Å². The monoisotopic (exact) mass is 251 g/mol. The largest absolute Gasteiger partial charge is 0.362 e. The number of nitrogens with one attached hydrogen (secondary N) is 1. The van der Waals surface area contributed by atoms with Crippen LogP contribution in [0.1, 0.15) is 39.2 Å². The lowest BCUT2D eigenvalue weighted by atomic mass is 10.0. The first kappa shape index (κ1) is 14.4. The van der Waals surface area contributed by atoms with Crippen molar-refractivity contribution in [1.82, 2.24) is 4.98 Å². The summed E-state index contributed by atoms with van der Waals surface area (Å²) in [6.07, 6.45) is 3.66. The van der Waals surface area contributed by atoms with Crippen molar-refractivity contribution >= 4 is 11.5 Å². The number of hydrogen-bond donors (Lipinski definition) is 1. The second-order valence-electron chi connectivity index (χ2n) is 5.10. The fraction of sp³-hybridized carbons (Fsp3) is 0.615. The number of pyridine rings is 1. The van der Waals surface area contributed by atoms with Gasteiger partial charge in [-0.1, -0.05) is 13.8 Å². The molecular weight excluding hydrogens is 230 g/mol. The van der Waals surface area contributed by atoms with E-state index in [2.05, 4.69) is 24.1 Å². The first-order valence-corrected chi connectivity index (χ1v) is 6.28.